The van der Waals surface area contributed by atoms with Gasteiger partial charge in [-0.1, -0.05) is 20.8 Å². The van der Waals surface area contributed by atoms with E-state index in [0.29, 0.717) is 19.4 Å². The summed E-state index contributed by atoms with van der Waals surface area (Å²) in [7, 11) is 3.44. The van der Waals surface area contributed by atoms with Crippen LogP contribution in [0.5, 0.6) is 0 Å². The second-order valence-electron chi connectivity index (χ2n) is 10.6. The molecule has 200 valence electrons. The first-order valence-electron chi connectivity index (χ1n) is 12.7. The van der Waals surface area contributed by atoms with Crippen LogP contribution in [0, 0.1) is 23.7 Å². The van der Waals surface area contributed by atoms with Crippen LogP contribution in [0.1, 0.15) is 53.9 Å². The van der Waals surface area contributed by atoms with E-state index < -0.39 is 54.4 Å². The molecule has 9 heteroatoms. The van der Waals surface area contributed by atoms with Crippen LogP contribution in [0.25, 0.3) is 0 Å². The topological polar surface area (TPSA) is 129 Å². The van der Waals surface area contributed by atoms with Crippen molar-refractivity contribution in [1.82, 2.24) is 4.90 Å². The largest absolute Gasteiger partial charge is 0.463 e. The predicted octanol–water partition coefficient (Wildman–Crippen LogP) is 0.804. The molecule has 2 aliphatic rings. The average molecular weight is 490 g/mol. The lowest BCUT2D eigenvalue weighted by atomic mass is 9.71. The number of ether oxygens (including phenoxy) is 3. The van der Waals surface area contributed by atoms with Gasteiger partial charge < -0.3 is 39.5 Å². The average Bonchev–Trinajstić information content (AvgIpc) is 2.81. The van der Waals surface area contributed by atoms with Crippen molar-refractivity contribution < 1.29 is 39.4 Å². The Hall–Kier alpha value is -0.810. The number of likely N-dealkylation sites (N-methyl/N-ethyl adjacent to an activating group) is 1. The third kappa shape index (κ3) is 6.90. The van der Waals surface area contributed by atoms with Crippen molar-refractivity contribution in [2.75, 3.05) is 27.3 Å². The third-order valence-electron chi connectivity index (χ3n) is 8.24. The Bertz CT molecular complexity index is 624. The molecule has 4 N–H and O–H groups in total. The van der Waals surface area contributed by atoms with E-state index in [-0.39, 0.29) is 30.6 Å². The summed E-state index contributed by atoms with van der Waals surface area (Å²) >= 11 is 0. The Morgan fingerprint density at radius 3 is 2.24 bits per heavy atom. The molecule has 2 heterocycles. The van der Waals surface area contributed by atoms with Crippen LogP contribution in [0.2, 0.25) is 0 Å². The lowest BCUT2D eigenvalue weighted by molar-refractivity contribution is -0.184. The summed E-state index contributed by atoms with van der Waals surface area (Å²) in [6.07, 6.45) is -3.06. The molecule has 0 amide bonds. The van der Waals surface area contributed by atoms with Crippen molar-refractivity contribution in [3.63, 3.8) is 0 Å². The molecule has 9 nitrogen and oxygen atoms in total. The normalized spacial score (nSPS) is 46.9. The zero-order valence-electron chi connectivity index (χ0n) is 21.8. The number of methoxy groups -OCH3 is 1. The lowest BCUT2D eigenvalue weighted by Gasteiger charge is -2.45. The molecule has 34 heavy (non-hydrogen) atoms. The molecule has 0 aromatic heterocycles. The maximum atomic E-state index is 13.1. The van der Waals surface area contributed by atoms with Crippen molar-refractivity contribution in [3.8, 4) is 0 Å². The van der Waals surface area contributed by atoms with Gasteiger partial charge in [-0.25, -0.2) is 0 Å². The van der Waals surface area contributed by atoms with E-state index in [4.69, 9.17) is 14.2 Å². The van der Waals surface area contributed by atoms with E-state index in [9.17, 15) is 25.2 Å². The summed E-state index contributed by atoms with van der Waals surface area (Å²) < 4.78 is 17.3. The molecule has 0 aromatic carbocycles. The number of esters is 1. The first-order valence-corrected chi connectivity index (χ1v) is 12.7. The van der Waals surface area contributed by atoms with Crippen molar-refractivity contribution in [2.45, 2.75) is 103 Å². The number of hydrogen-bond acceptors (Lipinski definition) is 9. The van der Waals surface area contributed by atoms with Gasteiger partial charge in [-0.15, -0.1) is 0 Å². The smallest absolute Gasteiger partial charge is 0.309 e. The van der Waals surface area contributed by atoms with Crippen molar-refractivity contribution in [2.24, 2.45) is 23.7 Å². The van der Waals surface area contributed by atoms with Crippen LogP contribution >= 0.6 is 0 Å². The van der Waals surface area contributed by atoms with E-state index >= 15 is 0 Å². The number of cyclic esters (lactones) is 1. The summed E-state index contributed by atoms with van der Waals surface area (Å²) in [6, 6.07) is -0.348. The highest BCUT2D eigenvalue weighted by atomic mass is 16.5. The van der Waals surface area contributed by atoms with Crippen LogP contribution in [0.4, 0.5) is 0 Å². The molecule has 0 aliphatic carbocycles. The Kier molecular flexibility index (Phi) is 11.2. The third-order valence-corrected chi connectivity index (χ3v) is 8.24. The Morgan fingerprint density at radius 2 is 1.65 bits per heavy atom. The van der Waals surface area contributed by atoms with Gasteiger partial charge in [0.05, 0.1) is 42.5 Å². The SMILES string of the molecule is CO[C@H]1CCCN(C)[C@H](C)[C@@H](O)[C@H](O)COC(=O)[C@H](C)[C@@H](C2C[C@H](C)[C@@H](O)[C@H](C)O2)[C@H](C)[C@H]1O. The quantitative estimate of drug-likeness (QED) is 0.416. The van der Waals surface area contributed by atoms with Crippen LogP contribution in [0.3, 0.4) is 0 Å². The second-order valence-corrected chi connectivity index (χ2v) is 10.6. The van der Waals surface area contributed by atoms with Gasteiger partial charge in [0.2, 0.25) is 0 Å². The first-order chi connectivity index (χ1) is 15.9. The highest BCUT2D eigenvalue weighted by molar-refractivity contribution is 5.72. The molecule has 2 saturated heterocycles. The van der Waals surface area contributed by atoms with Gasteiger partial charge in [-0.05, 0) is 58.5 Å². The zero-order valence-corrected chi connectivity index (χ0v) is 21.8. The molecule has 0 saturated carbocycles. The van der Waals surface area contributed by atoms with Crippen LogP contribution in [-0.2, 0) is 19.0 Å². The second kappa shape index (κ2) is 12.9. The number of carbonyl (C=O) groups excluding carboxylic acids is 1. The summed E-state index contributed by atoms with van der Waals surface area (Å²) in [4.78, 5) is 15.0. The van der Waals surface area contributed by atoms with Crippen molar-refractivity contribution >= 4 is 5.97 Å². The molecule has 1 unspecified atom stereocenters. The first kappa shape index (κ1) is 29.4. The van der Waals surface area contributed by atoms with Crippen LogP contribution in [-0.4, -0.2) is 107 Å². The fourth-order valence-corrected chi connectivity index (χ4v) is 5.62. The van der Waals surface area contributed by atoms with Crippen LogP contribution in [0.15, 0.2) is 0 Å². The Balaban J connectivity index is 2.36. The number of aliphatic hydroxyl groups is 4. The highest BCUT2D eigenvalue weighted by Gasteiger charge is 2.45. The summed E-state index contributed by atoms with van der Waals surface area (Å²) in [6.45, 7) is 9.57. The molecule has 0 spiro atoms. The zero-order chi connectivity index (χ0) is 25.7. The van der Waals surface area contributed by atoms with Gasteiger partial charge in [0.15, 0.2) is 0 Å². The summed E-state index contributed by atoms with van der Waals surface area (Å²) in [5.41, 5.74) is 0. The van der Waals surface area contributed by atoms with Crippen LogP contribution < -0.4 is 0 Å². The Labute approximate surface area is 204 Å². The standard InChI is InChI=1S/C25H47NO8/c1-13-11-20(34-17(5)22(13)28)21-14(2)23(29)19(32-7)9-8-10-26(6)16(4)24(30)18(27)12-33-25(31)15(21)3/h13-24,27-30H,8-12H2,1-7H3/t13-,14-,15+,16+,17-,18+,19-,20?,21-,22+,23+,24+/m0/s1. The van der Waals surface area contributed by atoms with Gasteiger partial charge in [-0.2, -0.15) is 0 Å². The molecule has 2 fully saturated rings. The van der Waals surface area contributed by atoms with Gasteiger partial charge in [0, 0.05) is 19.1 Å². The molecule has 2 aliphatic heterocycles. The summed E-state index contributed by atoms with van der Waals surface area (Å²) in [5.74, 6) is -1.94. The number of hydrogen-bond donors (Lipinski definition) is 4. The lowest BCUT2D eigenvalue weighted by Crippen LogP contribution is -2.51. The van der Waals surface area contributed by atoms with E-state index in [1.807, 2.05) is 39.6 Å². The molecule has 0 bridgehead atoms. The van der Waals surface area contributed by atoms with Gasteiger partial charge in [0.25, 0.3) is 0 Å². The summed E-state index contributed by atoms with van der Waals surface area (Å²) in [5, 5.41) is 42.7. The molecule has 12 atom stereocenters. The highest BCUT2D eigenvalue weighted by Crippen LogP contribution is 2.39. The number of aliphatic hydroxyl groups excluding tert-OH is 4. The monoisotopic (exact) mass is 489 g/mol. The minimum absolute atomic E-state index is 0.0230. The molecule has 0 aromatic rings. The molecular weight excluding hydrogens is 442 g/mol. The fraction of sp³-hybridized carbons (Fsp3) is 0.960. The number of carbonyl (C=O) groups is 1. The van der Waals surface area contributed by atoms with E-state index in [1.165, 1.54) is 0 Å². The van der Waals surface area contributed by atoms with Gasteiger partial charge in [-0.3, -0.25) is 4.79 Å². The maximum Gasteiger partial charge on any atom is 0.309 e. The van der Waals surface area contributed by atoms with Gasteiger partial charge in [0.1, 0.15) is 12.7 Å². The Morgan fingerprint density at radius 1 is 1.00 bits per heavy atom. The predicted molar refractivity (Wildman–Crippen MR) is 127 cm³/mol. The van der Waals surface area contributed by atoms with E-state index in [1.54, 1.807) is 14.0 Å². The maximum absolute atomic E-state index is 13.1. The molecule has 2 rings (SSSR count). The van der Waals surface area contributed by atoms with E-state index in [0.717, 1.165) is 6.42 Å². The number of nitrogens with zero attached hydrogens (tertiary/aromatic N) is 1. The molecule has 0 radical (unpaired) electrons. The molecular formula is C25H47NO8. The minimum Gasteiger partial charge on any atom is -0.463 e. The van der Waals surface area contributed by atoms with Crippen molar-refractivity contribution in [1.29, 1.82) is 0 Å². The minimum atomic E-state index is -1.21. The fourth-order valence-electron chi connectivity index (χ4n) is 5.62. The van der Waals surface area contributed by atoms with Gasteiger partial charge >= 0.3 is 5.97 Å². The van der Waals surface area contributed by atoms with E-state index in [2.05, 4.69) is 0 Å². The van der Waals surface area contributed by atoms with Crippen molar-refractivity contribution in [3.05, 3.63) is 0 Å². The number of rotatable bonds is 2.